The molecule has 7 heteroatoms. The Balaban J connectivity index is 2.02. The van der Waals surface area contributed by atoms with Gasteiger partial charge in [0.2, 0.25) is 0 Å². The van der Waals surface area contributed by atoms with Gasteiger partial charge in [-0.05, 0) is 13.8 Å². The molecule has 1 unspecified atom stereocenters. The van der Waals surface area contributed by atoms with E-state index in [-0.39, 0.29) is 11.9 Å². The molecule has 0 aliphatic carbocycles. The molecule has 1 atom stereocenters. The number of oxazole rings is 1. The number of nitrogens with zero attached hydrogens (tertiary/aromatic N) is 3. The molecule has 0 radical (unpaired) electrons. The van der Waals surface area contributed by atoms with Crippen LogP contribution in [0.4, 0.5) is 0 Å². The lowest BCUT2D eigenvalue weighted by atomic mass is 10.2. The number of rotatable bonds is 6. The second-order valence-electron chi connectivity index (χ2n) is 4.94. The van der Waals surface area contributed by atoms with Crippen molar-refractivity contribution in [3.05, 3.63) is 35.3 Å². The maximum atomic E-state index is 12.2. The van der Waals surface area contributed by atoms with Gasteiger partial charge < -0.3 is 14.5 Å². The molecule has 21 heavy (non-hydrogen) atoms. The van der Waals surface area contributed by atoms with Gasteiger partial charge in [-0.15, -0.1) is 0 Å². The lowest BCUT2D eigenvalue weighted by Crippen LogP contribution is -2.23. The summed E-state index contributed by atoms with van der Waals surface area (Å²) in [6.07, 6.45) is 3.34. The van der Waals surface area contributed by atoms with Crippen LogP contribution in [0.25, 0.3) is 0 Å². The first-order valence-electron chi connectivity index (χ1n) is 6.75. The second kappa shape index (κ2) is 6.53. The van der Waals surface area contributed by atoms with E-state index >= 15 is 0 Å². The van der Waals surface area contributed by atoms with Gasteiger partial charge in [-0.3, -0.25) is 9.48 Å². The number of hydrogen-bond donors (Lipinski definition) is 1. The first kappa shape index (κ1) is 15.2. The van der Waals surface area contributed by atoms with Gasteiger partial charge in [-0.25, -0.2) is 4.98 Å². The van der Waals surface area contributed by atoms with E-state index in [0.29, 0.717) is 36.1 Å². The van der Waals surface area contributed by atoms with Crippen LogP contribution in [0.5, 0.6) is 0 Å². The summed E-state index contributed by atoms with van der Waals surface area (Å²) in [6, 6.07) is 0.0761. The van der Waals surface area contributed by atoms with E-state index in [2.05, 4.69) is 15.4 Å². The minimum Gasteiger partial charge on any atom is -0.444 e. The lowest BCUT2D eigenvalue weighted by Gasteiger charge is -2.09. The van der Waals surface area contributed by atoms with Gasteiger partial charge in [0, 0.05) is 20.2 Å². The van der Waals surface area contributed by atoms with Crippen molar-refractivity contribution in [2.24, 2.45) is 0 Å². The van der Waals surface area contributed by atoms with Crippen molar-refractivity contribution >= 4 is 5.91 Å². The standard InChI is InChI=1S/C14H20N4O3/c1-9(8-20-4)18-7-13(10(2)17-18)14(19)16-6-12-5-15-11(3)21-12/h5,7,9H,6,8H2,1-4H3,(H,16,19). The topological polar surface area (TPSA) is 82.2 Å². The van der Waals surface area contributed by atoms with E-state index in [1.54, 1.807) is 31.1 Å². The number of aryl methyl sites for hydroxylation is 2. The zero-order valence-corrected chi connectivity index (χ0v) is 12.7. The molecule has 0 saturated heterocycles. The van der Waals surface area contributed by atoms with Gasteiger partial charge in [0.05, 0.1) is 36.6 Å². The number of carbonyl (C=O) groups is 1. The molecule has 2 heterocycles. The minimum absolute atomic E-state index is 0.0761. The van der Waals surface area contributed by atoms with Crippen molar-refractivity contribution in [1.82, 2.24) is 20.1 Å². The van der Waals surface area contributed by atoms with E-state index in [1.165, 1.54) is 0 Å². The predicted octanol–water partition coefficient (Wildman–Crippen LogP) is 1.63. The van der Waals surface area contributed by atoms with Crippen LogP contribution in [0, 0.1) is 13.8 Å². The molecule has 0 spiro atoms. The molecule has 7 nitrogen and oxygen atoms in total. The van der Waals surface area contributed by atoms with Gasteiger partial charge in [-0.2, -0.15) is 5.10 Å². The minimum atomic E-state index is -0.183. The summed E-state index contributed by atoms with van der Waals surface area (Å²) in [5.41, 5.74) is 1.23. The molecular weight excluding hydrogens is 272 g/mol. The van der Waals surface area contributed by atoms with Crippen LogP contribution >= 0.6 is 0 Å². The van der Waals surface area contributed by atoms with Crippen molar-refractivity contribution in [2.75, 3.05) is 13.7 Å². The Labute approximate surface area is 123 Å². The molecule has 0 fully saturated rings. The fourth-order valence-electron chi connectivity index (χ4n) is 2.00. The molecule has 2 aromatic rings. The van der Waals surface area contributed by atoms with Gasteiger partial charge in [-0.1, -0.05) is 0 Å². The Morgan fingerprint density at radius 1 is 1.52 bits per heavy atom. The highest BCUT2D eigenvalue weighted by molar-refractivity contribution is 5.94. The van der Waals surface area contributed by atoms with Crippen LogP contribution in [-0.2, 0) is 11.3 Å². The van der Waals surface area contributed by atoms with Crippen molar-refractivity contribution < 1.29 is 13.9 Å². The average Bonchev–Trinajstić information content (AvgIpc) is 3.02. The average molecular weight is 292 g/mol. The first-order chi connectivity index (χ1) is 10.0. The SMILES string of the molecule is COCC(C)n1cc(C(=O)NCc2cnc(C)o2)c(C)n1. The number of aromatic nitrogens is 3. The van der Waals surface area contributed by atoms with Crippen LogP contribution in [0.2, 0.25) is 0 Å². The number of ether oxygens (including phenoxy) is 1. The van der Waals surface area contributed by atoms with E-state index < -0.39 is 0 Å². The maximum Gasteiger partial charge on any atom is 0.255 e. The Morgan fingerprint density at radius 2 is 2.29 bits per heavy atom. The number of amides is 1. The van der Waals surface area contributed by atoms with Crippen LogP contribution < -0.4 is 5.32 Å². The van der Waals surface area contributed by atoms with Gasteiger partial charge >= 0.3 is 0 Å². The van der Waals surface area contributed by atoms with Crippen LogP contribution in [0.3, 0.4) is 0 Å². The third kappa shape index (κ3) is 3.69. The molecule has 0 aromatic carbocycles. The van der Waals surface area contributed by atoms with E-state index in [9.17, 15) is 4.79 Å². The molecule has 0 aliphatic rings. The lowest BCUT2D eigenvalue weighted by molar-refractivity contribution is 0.0947. The highest BCUT2D eigenvalue weighted by atomic mass is 16.5. The van der Waals surface area contributed by atoms with E-state index in [4.69, 9.17) is 9.15 Å². The third-order valence-electron chi connectivity index (χ3n) is 3.11. The van der Waals surface area contributed by atoms with Crippen LogP contribution in [0.1, 0.15) is 40.7 Å². The van der Waals surface area contributed by atoms with Gasteiger partial charge in [0.1, 0.15) is 5.76 Å². The van der Waals surface area contributed by atoms with Crippen molar-refractivity contribution in [3.8, 4) is 0 Å². The summed E-state index contributed by atoms with van der Waals surface area (Å²) in [7, 11) is 1.64. The summed E-state index contributed by atoms with van der Waals surface area (Å²) in [4.78, 5) is 16.2. The molecule has 0 aliphatic heterocycles. The molecule has 2 aromatic heterocycles. The zero-order valence-electron chi connectivity index (χ0n) is 12.7. The summed E-state index contributed by atoms with van der Waals surface area (Å²) in [6.45, 7) is 6.40. The molecule has 0 bridgehead atoms. The fraction of sp³-hybridized carbons (Fsp3) is 0.500. The predicted molar refractivity (Wildman–Crippen MR) is 76.0 cm³/mol. The van der Waals surface area contributed by atoms with Gasteiger partial charge in [0.15, 0.2) is 5.89 Å². The largest absolute Gasteiger partial charge is 0.444 e. The smallest absolute Gasteiger partial charge is 0.255 e. The van der Waals surface area contributed by atoms with Crippen molar-refractivity contribution in [2.45, 2.75) is 33.4 Å². The summed E-state index contributed by atoms with van der Waals surface area (Å²) in [5, 5.41) is 7.15. The normalized spacial score (nSPS) is 12.4. The number of methoxy groups -OCH3 is 1. The Kier molecular flexibility index (Phi) is 4.74. The highest BCUT2D eigenvalue weighted by Gasteiger charge is 2.16. The Bertz CT molecular complexity index is 618. The number of hydrogen-bond acceptors (Lipinski definition) is 5. The van der Waals surface area contributed by atoms with E-state index in [0.717, 1.165) is 0 Å². The molecule has 0 saturated carbocycles. The summed E-state index contributed by atoms with van der Waals surface area (Å²) >= 11 is 0. The van der Waals surface area contributed by atoms with Crippen LogP contribution in [-0.4, -0.2) is 34.4 Å². The second-order valence-corrected chi connectivity index (χ2v) is 4.94. The Hall–Kier alpha value is -2.15. The molecule has 114 valence electrons. The number of carbonyl (C=O) groups excluding carboxylic acids is 1. The molecule has 1 amide bonds. The van der Waals surface area contributed by atoms with E-state index in [1.807, 2.05) is 13.8 Å². The van der Waals surface area contributed by atoms with Gasteiger partial charge in [0.25, 0.3) is 5.91 Å². The summed E-state index contributed by atoms with van der Waals surface area (Å²) in [5.74, 6) is 1.02. The maximum absolute atomic E-state index is 12.2. The molecular formula is C14H20N4O3. The monoisotopic (exact) mass is 292 g/mol. The number of nitrogens with one attached hydrogen (secondary N) is 1. The molecule has 2 rings (SSSR count). The molecule has 1 N–H and O–H groups in total. The summed E-state index contributed by atoms with van der Waals surface area (Å²) < 4.78 is 12.1. The zero-order chi connectivity index (χ0) is 15.4. The quantitative estimate of drug-likeness (QED) is 0.875. The first-order valence-corrected chi connectivity index (χ1v) is 6.75. The highest BCUT2D eigenvalue weighted by Crippen LogP contribution is 2.12. The Morgan fingerprint density at radius 3 is 2.90 bits per heavy atom. The fourth-order valence-corrected chi connectivity index (χ4v) is 2.00. The van der Waals surface area contributed by atoms with Crippen molar-refractivity contribution in [3.63, 3.8) is 0 Å². The third-order valence-corrected chi connectivity index (χ3v) is 3.11. The van der Waals surface area contributed by atoms with Crippen LogP contribution in [0.15, 0.2) is 16.8 Å². The van der Waals surface area contributed by atoms with Crippen molar-refractivity contribution in [1.29, 1.82) is 0 Å².